The minimum Gasteiger partial charge on any atom is -0.396 e. The molecule has 1 fully saturated rings. The molecule has 1 heterocycles. The van der Waals surface area contributed by atoms with Crippen molar-refractivity contribution >= 4 is 15.9 Å². The first-order chi connectivity index (χ1) is 7.79. The molecule has 0 spiro atoms. The molecule has 0 atom stereocenters. The summed E-state index contributed by atoms with van der Waals surface area (Å²) < 4.78 is 1.19. The zero-order valence-corrected chi connectivity index (χ0v) is 11.0. The van der Waals surface area contributed by atoms with Gasteiger partial charge in [0.1, 0.15) is 0 Å². The van der Waals surface area contributed by atoms with E-state index in [1.54, 1.807) is 0 Å². The van der Waals surface area contributed by atoms with Crippen molar-refractivity contribution in [3.63, 3.8) is 0 Å². The number of rotatable bonds is 3. The van der Waals surface area contributed by atoms with Crippen molar-refractivity contribution < 1.29 is 5.11 Å². The maximum absolute atomic E-state index is 9.09. The Morgan fingerprint density at radius 2 is 1.94 bits per heavy atom. The predicted molar refractivity (Wildman–Crippen MR) is 69.2 cm³/mol. The SMILES string of the molecule is OCC1CCN(Cc2ccccc2Br)CC1. The molecular weight excluding hydrogens is 266 g/mol. The van der Waals surface area contributed by atoms with Crippen LogP contribution in [0.4, 0.5) is 0 Å². The van der Waals surface area contributed by atoms with Gasteiger partial charge in [-0.05, 0) is 43.5 Å². The van der Waals surface area contributed by atoms with Gasteiger partial charge in [0, 0.05) is 17.6 Å². The smallest absolute Gasteiger partial charge is 0.0460 e. The monoisotopic (exact) mass is 283 g/mol. The first kappa shape index (κ1) is 12.1. The topological polar surface area (TPSA) is 23.5 Å². The van der Waals surface area contributed by atoms with Crippen LogP contribution in [0.5, 0.6) is 0 Å². The van der Waals surface area contributed by atoms with Crippen LogP contribution in [0.1, 0.15) is 18.4 Å². The summed E-state index contributed by atoms with van der Waals surface area (Å²) in [6.07, 6.45) is 2.25. The van der Waals surface area contributed by atoms with E-state index in [1.807, 2.05) is 6.07 Å². The van der Waals surface area contributed by atoms with Crippen LogP contribution >= 0.6 is 15.9 Å². The molecule has 2 rings (SSSR count). The Hall–Kier alpha value is -0.380. The van der Waals surface area contributed by atoms with Gasteiger partial charge in [0.25, 0.3) is 0 Å². The average molecular weight is 284 g/mol. The lowest BCUT2D eigenvalue weighted by Gasteiger charge is -2.31. The molecule has 3 heteroatoms. The first-order valence-corrected chi connectivity index (χ1v) is 6.65. The van der Waals surface area contributed by atoms with Crippen molar-refractivity contribution in [2.24, 2.45) is 5.92 Å². The van der Waals surface area contributed by atoms with Gasteiger partial charge in [0.15, 0.2) is 0 Å². The van der Waals surface area contributed by atoms with Crippen molar-refractivity contribution in [2.75, 3.05) is 19.7 Å². The Bertz CT molecular complexity index is 334. The molecule has 1 aliphatic rings. The third kappa shape index (κ3) is 3.06. The summed E-state index contributed by atoms with van der Waals surface area (Å²) in [5, 5.41) is 9.09. The number of nitrogens with zero attached hydrogens (tertiary/aromatic N) is 1. The van der Waals surface area contributed by atoms with Gasteiger partial charge < -0.3 is 5.11 Å². The van der Waals surface area contributed by atoms with Crippen molar-refractivity contribution in [3.05, 3.63) is 34.3 Å². The van der Waals surface area contributed by atoms with E-state index in [9.17, 15) is 0 Å². The fourth-order valence-corrected chi connectivity index (χ4v) is 2.60. The third-order valence-corrected chi connectivity index (χ3v) is 4.09. The Labute approximate surface area is 105 Å². The van der Waals surface area contributed by atoms with Crippen molar-refractivity contribution in [1.29, 1.82) is 0 Å². The van der Waals surface area contributed by atoms with Gasteiger partial charge in [-0.3, -0.25) is 4.90 Å². The number of hydrogen-bond acceptors (Lipinski definition) is 2. The molecule has 88 valence electrons. The van der Waals surface area contributed by atoms with E-state index in [0.717, 1.165) is 32.5 Å². The second-order valence-corrected chi connectivity index (χ2v) is 5.35. The number of hydrogen-bond donors (Lipinski definition) is 1. The highest BCUT2D eigenvalue weighted by Crippen LogP contribution is 2.22. The largest absolute Gasteiger partial charge is 0.396 e. The lowest BCUT2D eigenvalue weighted by atomic mass is 9.97. The summed E-state index contributed by atoms with van der Waals surface area (Å²) in [4.78, 5) is 2.46. The van der Waals surface area contributed by atoms with E-state index >= 15 is 0 Å². The molecular formula is C13H18BrNO. The van der Waals surface area contributed by atoms with Gasteiger partial charge in [-0.2, -0.15) is 0 Å². The molecule has 0 aromatic heterocycles. The summed E-state index contributed by atoms with van der Waals surface area (Å²) in [6.45, 7) is 3.57. The second kappa shape index (κ2) is 5.80. The second-order valence-electron chi connectivity index (χ2n) is 4.49. The fraction of sp³-hybridized carbons (Fsp3) is 0.538. The van der Waals surface area contributed by atoms with E-state index < -0.39 is 0 Å². The van der Waals surface area contributed by atoms with Gasteiger partial charge in [-0.15, -0.1) is 0 Å². The molecule has 1 aliphatic heterocycles. The summed E-state index contributed by atoms with van der Waals surface area (Å²) in [6, 6.07) is 8.39. The summed E-state index contributed by atoms with van der Waals surface area (Å²) >= 11 is 3.58. The number of aliphatic hydroxyl groups is 1. The van der Waals surface area contributed by atoms with Crippen LogP contribution in [0.15, 0.2) is 28.7 Å². The number of halogens is 1. The zero-order valence-electron chi connectivity index (χ0n) is 9.40. The van der Waals surface area contributed by atoms with Crippen LogP contribution in [-0.2, 0) is 6.54 Å². The molecule has 1 saturated heterocycles. The van der Waals surface area contributed by atoms with E-state index in [4.69, 9.17) is 5.11 Å². The van der Waals surface area contributed by atoms with Gasteiger partial charge in [0.05, 0.1) is 0 Å². The highest BCUT2D eigenvalue weighted by atomic mass is 79.9. The number of piperidine rings is 1. The van der Waals surface area contributed by atoms with Gasteiger partial charge in [-0.25, -0.2) is 0 Å². The quantitative estimate of drug-likeness (QED) is 0.922. The maximum Gasteiger partial charge on any atom is 0.0460 e. The molecule has 0 saturated carbocycles. The van der Waals surface area contributed by atoms with E-state index in [2.05, 4.69) is 39.0 Å². The molecule has 1 aromatic carbocycles. The molecule has 2 nitrogen and oxygen atoms in total. The van der Waals surface area contributed by atoms with Crippen LogP contribution in [0.2, 0.25) is 0 Å². The zero-order chi connectivity index (χ0) is 11.4. The Morgan fingerprint density at radius 1 is 1.25 bits per heavy atom. The normalized spacial score (nSPS) is 18.9. The van der Waals surface area contributed by atoms with Crippen LogP contribution in [0, 0.1) is 5.92 Å². The van der Waals surface area contributed by atoms with Crippen LogP contribution in [0.25, 0.3) is 0 Å². The molecule has 0 unspecified atom stereocenters. The molecule has 0 bridgehead atoms. The summed E-state index contributed by atoms with van der Waals surface area (Å²) in [5.74, 6) is 0.524. The maximum atomic E-state index is 9.09. The lowest BCUT2D eigenvalue weighted by molar-refractivity contribution is 0.127. The van der Waals surface area contributed by atoms with Gasteiger partial charge in [-0.1, -0.05) is 34.1 Å². The highest BCUT2D eigenvalue weighted by molar-refractivity contribution is 9.10. The number of likely N-dealkylation sites (tertiary alicyclic amines) is 1. The molecule has 0 amide bonds. The van der Waals surface area contributed by atoms with Gasteiger partial charge in [0.2, 0.25) is 0 Å². The predicted octanol–water partition coefficient (Wildman–Crippen LogP) is 2.65. The molecule has 16 heavy (non-hydrogen) atoms. The van der Waals surface area contributed by atoms with Crippen molar-refractivity contribution in [2.45, 2.75) is 19.4 Å². The average Bonchev–Trinajstić information content (AvgIpc) is 2.33. The minimum atomic E-state index is 0.350. The van der Waals surface area contributed by atoms with Gasteiger partial charge >= 0.3 is 0 Å². The van der Waals surface area contributed by atoms with E-state index in [-0.39, 0.29) is 0 Å². The van der Waals surface area contributed by atoms with Crippen molar-refractivity contribution in [3.8, 4) is 0 Å². The summed E-state index contributed by atoms with van der Waals surface area (Å²) in [5.41, 5.74) is 1.35. The molecule has 1 N–H and O–H groups in total. The molecule has 1 aromatic rings. The van der Waals surface area contributed by atoms with Crippen molar-refractivity contribution in [1.82, 2.24) is 4.90 Å². The summed E-state index contributed by atoms with van der Waals surface area (Å²) in [7, 11) is 0. The minimum absolute atomic E-state index is 0.350. The first-order valence-electron chi connectivity index (χ1n) is 5.86. The number of benzene rings is 1. The Morgan fingerprint density at radius 3 is 2.56 bits per heavy atom. The fourth-order valence-electron chi connectivity index (χ4n) is 2.19. The standard InChI is InChI=1S/C13H18BrNO/c14-13-4-2-1-3-12(13)9-15-7-5-11(10-16)6-8-15/h1-4,11,16H,5-10H2. The third-order valence-electron chi connectivity index (χ3n) is 3.32. The molecule has 0 aliphatic carbocycles. The lowest BCUT2D eigenvalue weighted by Crippen LogP contribution is -2.34. The molecule has 0 radical (unpaired) electrons. The Kier molecular flexibility index (Phi) is 4.38. The van der Waals surface area contributed by atoms with E-state index in [0.29, 0.717) is 12.5 Å². The van der Waals surface area contributed by atoms with Crippen LogP contribution in [0.3, 0.4) is 0 Å². The van der Waals surface area contributed by atoms with E-state index in [1.165, 1.54) is 10.0 Å². The van der Waals surface area contributed by atoms with Crippen LogP contribution < -0.4 is 0 Å². The van der Waals surface area contributed by atoms with Crippen LogP contribution in [-0.4, -0.2) is 29.7 Å². The Balaban J connectivity index is 1.89. The highest BCUT2D eigenvalue weighted by Gasteiger charge is 2.18. The number of aliphatic hydroxyl groups excluding tert-OH is 1.